The normalized spacial score (nSPS) is 10.3. The molecule has 7 nitrogen and oxygen atoms in total. The Hall–Kier alpha value is -2.83. The van der Waals surface area contributed by atoms with Gasteiger partial charge >= 0.3 is 12.1 Å². The summed E-state index contributed by atoms with van der Waals surface area (Å²) in [4.78, 5) is 32.6. The lowest BCUT2D eigenvalue weighted by atomic mass is 10.0. The van der Waals surface area contributed by atoms with Crippen molar-refractivity contribution in [2.75, 3.05) is 13.2 Å². The molecular formula is C14H16N2O5. The van der Waals surface area contributed by atoms with Gasteiger partial charge in [-0.1, -0.05) is 6.07 Å². The number of hydrogen-bond donors (Lipinski definition) is 3. The first-order chi connectivity index (χ1) is 9.90. The maximum absolute atomic E-state index is 11.8. The Morgan fingerprint density at radius 2 is 2.10 bits per heavy atom. The average molecular weight is 292 g/mol. The number of nitrogens with one attached hydrogen (secondary N) is 1. The van der Waals surface area contributed by atoms with Crippen molar-refractivity contribution in [1.29, 1.82) is 0 Å². The van der Waals surface area contributed by atoms with E-state index in [1.807, 2.05) is 0 Å². The lowest BCUT2D eigenvalue weighted by Crippen LogP contribution is -2.29. The molecule has 21 heavy (non-hydrogen) atoms. The fourth-order valence-corrected chi connectivity index (χ4v) is 1.58. The molecule has 0 atom stereocenters. The van der Waals surface area contributed by atoms with Crippen LogP contribution in [0.15, 0.2) is 24.3 Å². The Balaban J connectivity index is 2.63. The lowest BCUT2D eigenvalue weighted by molar-refractivity contribution is -0.131. The van der Waals surface area contributed by atoms with E-state index in [4.69, 9.17) is 10.8 Å². The molecule has 0 aliphatic heterocycles. The summed E-state index contributed by atoms with van der Waals surface area (Å²) >= 11 is 0. The van der Waals surface area contributed by atoms with Gasteiger partial charge in [-0.15, -0.1) is 0 Å². The Labute approximate surface area is 121 Å². The predicted molar refractivity (Wildman–Crippen MR) is 75.7 cm³/mol. The van der Waals surface area contributed by atoms with Crippen LogP contribution in [0, 0.1) is 6.92 Å². The number of ether oxygens (including phenoxy) is 1. The minimum atomic E-state index is -1.04. The van der Waals surface area contributed by atoms with Gasteiger partial charge in [0.15, 0.2) is 0 Å². The number of carboxylic acids is 1. The van der Waals surface area contributed by atoms with Crippen LogP contribution in [0.2, 0.25) is 0 Å². The largest absolute Gasteiger partial charge is 0.478 e. The van der Waals surface area contributed by atoms with E-state index in [1.165, 1.54) is 6.08 Å². The molecule has 1 aromatic rings. The summed E-state index contributed by atoms with van der Waals surface area (Å²) in [6, 6.07) is 4.88. The second-order valence-corrected chi connectivity index (χ2v) is 4.17. The highest BCUT2D eigenvalue weighted by molar-refractivity contribution is 5.95. The Morgan fingerprint density at radius 3 is 2.67 bits per heavy atom. The van der Waals surface area contributed by atoms with Crippen LogP contribution in [-0.2, 0) is 9.53 Å². The summed E-state index contributed by atoms with van der Waals surface area (Å²) in [5, 5.41) is 11.1. The number of carboxylic acid groups (broad SMARTS) is 1. The van der Waals surface area contributed by atoms with Crippen molar-refractivity contribution >= 4 is 24.0 Å². The van der Waals surface area contributed by atoms with Crippen LogP contribution < -0.4 is 11.1 Å². The standard InChI is InChI=1S/C14H16N2O5/c1-9-8-11(3-2-10(9)4-5-12(17)18)13(19)16-6-7-21-14(15)20/h2-5,8H,6-7H2,1H3,(H2,15,20)(H,16,19)(H,17,18)/b5-4+. The minimum absolute atomic E-state index is 0.000508. The van der Waals surface area contributed by atoms with Crippen molar-refractivity contribution < 1.29 is 24.2 Å². The monoisotopic (exact) mass is 292 g/mol. The van der Waals surface area contributed by atoms with Crippen LogP contribution in [0.3, 0.4) is 0 Å². The van der Waals surface area contributed by atoms with E-state index in [2.05, 4.69) is 10.1 Å². The highest BCUT2D eigenvalue weighted by Gasteiger charge is 2.07. The molecule has 0 saturated heterocycles. The van der Waals surface area contributed by atoms with Gasteiger partial charge in [-0.3, -0.25) is 4.79 Å². The summed E-state index contributed by atoms with van der Waals surface area (Å²) in [5.74, 6) is -1.36. The summed E-state index contributed by atoms with van der Waals surface area (Å²) in [6.07, 6.45) is 1.60. The first-order valence-corrected chi connectivity index (χ1v) is 6.12. The predicted octanol–water partition coefficient (Wildman–Crippen LogP) is 0.918. The van der Waals surface area contributed by atoms with Crippen LogP contribution >= 0.6 is 0 Å². The highest BCUT2D eigenvalue weighted by Crippen LogP contribution is 2.13. The summed E-state index contributed by atoms with van der Waals surface area (Å²) < 4.78 is 4.48. The van der Waals surface area contributed by atoms with E-state index in [9.17, 15) is 14.4 Å². The zero-order valence-corrected chi connectivity index (χ0v) is 11.5. The Bertz CT molecular complexity index is 581. The van der Waals surface area contributed by atoms with Crippen LogP contribution in [-0.4, -0.2) is 36.2 Å². The number of nitrogens with two attached hydrogens (primary N) is 1. The molecule has 0 saturated carbocycles. The number of carbonyl (C=O) groups excluding carboxylic acids is 2. The molecule has 0 aliphatic carbocycles. The fraction of sp³-hybridized carbons (Fsp3) is 0.214. The second-order valence-electron chi connectivity index (χ2n) is 4.17. The van der Waals surface area contributed by atoms with Crippen LogP contribution in [0.4, 0.5) is 4.79 Å². The number of aliphatic carboxylic acids is 1. The molecule has 0 aromatic heterocycles. The molecule has 0 unspecified atom stereocenters. The van der Waals surface area contributed by atoms with Crippen molar-refractivity contribution in [3.05, 3.63) is 41.0 Å². The lowest BCUT2D eigenvalue weighted by Gasteiger charge is -2.07. The van der Waals surface area contributed by atoms with Gasteiger partial charge in [0, 0.05) is 11.6 Å². The number of carbonyl (C=O) groups is 3. The summed E-state index contributed by atoms with van der Waals surface area (Å²) in [6.45, 7) is 1.93. The summed E-state index contributed by atoms with van der Waals surface area (Å²) in [7, 11) is 0. The van der Waals surface area contributed by atoms with Gasteiger partial charge in [-0.25, -0.2) is 9.59 Å². The van der Waals surface area contributed by atoms with Gasteiger partial charge in [0.2, 0.25) is 0 Å². The fourth-order valence-electron chi connectivity index (χ4n) is 1.58. The van der Waals surface area contributed by atoms with E-state index in [0.29, 0.717) is 11.1 Å². The van der Waals surface area contributed by atoms with Gasteiger partial charge in [0.25, 0.3) is 5.91 Å². The number of amides is 2. The Kier molecular flexibility index (Phi) is 5.94. The average Bonchev–Trinajstić information content (AvgIpc) is 2.41. The number of aryl methyl sites for hydroxylation is 1. The maximum atomic E-state index is 11.8. The van der Waals surface area contributed by atoms with E-state index in [-0.39, 0.29) is 19.1 Å². The molecule has 4 N–H and O–H groups in total. The molecule has 112 valence electrons. The molecule has 0 radical (unpaired) electrons. The number of benzene rings is 1. The molecule has 0 bridgehead atoms. The smallest absolute Gasteiger partial charge is 0.404 e. The quantitative estimate of drug-likeness (QED) is 0.532. The first kappa shape index (κ1) is 16.2. The summed E-state index contributed by atoms with van der Waals surface area (Å²) in [5.41, 5.74) is 6.70. The van der Waals surface area contributed by atoms with Crippen LogP contribution in [0.1, 0.15) is 21.5 Å². The van der Waals surface area contributed by atoms with Crippen molar-refractivity contribution in [2.24, 2.45) is 5.73 Å². The first-order valence-electron chi connectivity index (χ1n) is 6.12. The van der Waals surface area contributed by atoms with Crippen LogP contribution in [0.5, 0.6) is 0 Å². The SMILES string of the molecule is Cc1cc(C(=O)NCCOC(N)=O)ccc1/C=C/C(=O)O. The van der Waals surface area contributed by atoms with Gasteiger partial charge in [0.1, 0.15) is 6.61 Å². The molecule has 0 fully saturated rings. The Morgan fingerprint density at radius 1 is 1.38 bits per heavy atom. The maximum Gasteiger partial charge on any atom is 0.404 e. The third kappa shape index (κ3) is 5.77. The highest BCUT2D eigenvalue weighted by atomic mass is 16.5. The van der Waals surface area contributed by atoms with Crippen molar-refractivity contribution in [2.45, 2.75) is 6.92 Å². The van der Waals surface area contributed by atoms with Crippen molar-refractivity contribution in [3.63, 3.8) is 0 Å². The molecule has 7 heteroatoms. The molecule has 0 spiro atoms. The number of rotatable bonds is 6. The molecule has 0 aliphatic rings. The second kappa shape index (κ2) is 7.68. The molecule has 1 aromatic carbocycles. The van der Waals surface area contributed by atoms with Crippen molar-refractivity contribution in [3.8, 4) is 0 Å². The van der Waals surface area contributed by atoms with E-state index in [0.717, 1.165) is 11.6 Å². The van der Waals surface area contributed by atoms with Crippen molar-refractivity contribution in [1.82, 2.24) is 5.32 Å². The zero-order chi connectivity index (χ0) is 15.8. The van der Waals surface area contributed by atoms with Gasteiger partial charge < -0.3 is 20.9 Å². The third-order valence-electron chi connectivity index (χ3n) is 2.57. The van der Waals surface area contributed by atoms with E-state index >= 15 is 0 Å². The van der Waals surface area contributed by atoms with Gasteiger partial charge in [-0.2, -0.15) is 0 Å². The molecule has 2 amide bonds. The third-order valence-corrected chi connectivity index (χ3v) is 2.57. The topological polar surface area (TPSA) is 119 Å². The van der Waals surface area contributed by atoms with E-state index < -0.39 is 12.1 Å². The zero-order valence-electron chi connectivity index (χ0n) is 11.5. The van der Waals surface area contributed by atoms with E-state index in [1.54, 1.807) is 25.1 Å². The molecular weight excluding hydrogens is 276 g/mol. The van der Waals surface area contributed by atoms with Crippen LogP contribution in [0.25, 0.3) is 6.08 Å². The van der Waals surface area contributed by atoms with Gasteiger partial charge in [0.05, 0.1) is 6.54 Å². The minimum Gasteiger partial charge on any atom is -0.478 e. The number of hydrogen-bond acceptors (Lipinski definition) is 4. The molecule has 1 rings (SSSR count). The number of primary amides is 1. The molecule has 0 heterocycles. The van der Waals surface area contributed by atoms with Gasteiger partial charge in [-0.05, 0) is 36.3 Å².